The minimum Gasteiger partial charge on any atom is -0.466 e. The largest absolute Gasteiger partial charge is 0.466 e. The van der Waals surface area contributed by atoms with Crippen LogP contribution < -0.4 is 0 Å². The second-order valence-corrected chi connectivity index (χ2v) is 5.84. The van der Waals surface area contributed by atoms with Crippen LogP contribution in [0.4, 0.5) is 0 Å². The summed E-state index contributed by atoms with van der Waals surface area (Å²) < 4.78 is 9.97. The monoisotopic (exact) mass is 350 g/mol. The van der Waals surface area contributed by atoms with Crippen LogP contribution in [0, 0.1) is 5.92 Å². The van der Waals surface area contributed by atoms with Gasteiger partial charge in [0.2, 0.25) is 0 Å². The standard InChI is InChI=1S/C17H22N2O6/c1-3-24-16(22)12-4-6-19(7-5-12)15(21)10-25-17(23)14-8-13(9-18-14)11(2)20/h8-9,12,18H,3-7,10H2,1-2H3. The fourth-order valence-corrected chi connectivity index (χ4v) is 2.64. The van der Waals surface area contributed by atoms with Crippen molar-refractivity contribution in [3.63, 3.8) is 0 Å². The number of aromatic amines is 1. The van der Waals surface area contributed by atoms with Gasteiger partial charge < -0.3 is 19.4 Å². The highest BCUT2D eigenvalue weighted by Crippen LogP contribution is 2.19. The summed E-state index contributed by atoms with van der Waals surface area (Å²) >= 11 is 0. The zero-order valence-electron chi connectivity index (χ0n) is 14.4. The van der Waals surface area contributed by atoms with Crippen LogP contribution in [0.2, 0.25) is 0 Å². The summed E-state index contributed by atoms with van der Waals surface area (Å²) in [6.07, 6.45) is 2.50. The zero-order valence-corrected chi connectivity index (χ0v) is 14.4. The van der Waals surface area contributed by atoms with Crippen LogP contribution in [0.3, 0.4) is 0 Å². The molecule has 0 unspecified atom stereocenters. The van der Waals surface area contributed by atoms with Crippen LogP contribution >= 0.6 is 0 Å². The Morgan fingerprint density at radius 1 is 1.20 bits per heavy atom. The van der Waals surface area contributed by atoms with E-state index >= 15 is 0 Å². The van der Waals surface area contributed by atoms with E-state index < -0.39 is 5.97 Å². The van der Waals surface area contributed by atoms with Gasteiger partial charge in [0.15, 0.2) is 12.4 Å². The number of carbonyl (C=O) groups excluding carboxylic acids is 4. The Hall–Kier alpha value is -2.64. The Labute approximate surface area is 145 Å². The number of rotatable bonds is 6. The number of likely N-dealkylation sites (tertiary alicyclic amines) is 1. The van der Waals surface area contributed by atoms with E-state index in [9.17, 15) is 19.2 Å². The number of esters is 2. The highest BCUT2D eigenvalue weighted by Gasteiger charge is 2.28. The summed E-state index contributed by atoms with van der Waals surface area (Å²) in [4.78, 5) is 51.1. The van der Waals surface area contributed by atoms with E-state index in [1.807, 2.05) is 0 Å². The molecule has 0 bridgehead atoms. The maximum Gasteiger partial charge on any atom is 0.355 e. The van der Waals surface area contributed by atoms with Crippen LogP contribution in [0.5, 0.6) is 0 Å². The average Bonchev–Trinajstić information content (AvgIpc) is 3.10. The maximum absolute atomic E-state index is 12.1. The zero-order chi connectivity index (χ0) is 18.4. The van der Waals surface area contributed by atoms with Crippen molar-refractivity contribution in [2.24, 2.45) is 5.92 Å². The summed E-state index contributed by atoms with van der Waals surface area (Å²) in [6, 6.07) is 1.39. The van der Waals surface area contributed by atoms with E-state index in [0.29, 0.717) is 38.1 Å². The Bertz CT molecular complexity index is 658. The fraction of sp³-hybridized carbons (Fsp3) is 0.529. The quantitative estimate of drug-likeness (QED) is 0.610. The van der Waals surface area contributed by atoms with Gasteiger partial charge in [-0.05, 0) is 32.8 Å². The van der Waals surface area contributed by atoms with Gasteiger partial charge in [-0.15, -0.1) is 0 Å². The number of amides is 1. The van der Waals surface area contributed by atoms with Crippen molar-refractivity contribution >= 4 is 23.6 Å². The predicted molar refractivity (Wildman–Crippen MR) is 87.0 cm³/mol. The first-order chi connectivity index (χ1) is 11.9. The molecular formula is C17H22N2O6. The average molecular weight is 350 g/mol. The van der Waals surface area contributed by atoms with E-state index in [-0.39, 0.29) is 35.9 Å². The minimum absolute atomic E-state index is 0.124. The van der Waals surface area contributed by atoms with Crippen molar-refractivity contribution in [3.05, 3.63) is 23.5 Å². The molecule has 1 saturated heterocycles. The molecule has 2 heterocycles. The van der Waals surface area contributed by atoms with Crippen LogP contribution in [0.25, 0.3) is 0 Å². The molecule has 1 aromatic rings. The molecule has 0 aromatic carbocycles. The van der Waals surface area contributed by atoms with E-state index in [0.717, 1.165) is 0 Å². The molecular weight excluding hydrogens is 328 g/mol. The third-order valence-electron chi connectivity index (χ3n) is 4.10. The molecule has 1 amide bonds. The van der Waals surface area contributed by atoms with Crippen LogP contribution in [0.15, 0.2) is 12.3 Å². The number of aromatic nitrogens is 1. The van der Waals surface area contributed by atoms with Gasteiger partial charge in [0.1, 0.15) is 5.69 Å². The maximum atomic E-state index is 12.1. The van der Waals surface area contributed by atoms with Crippen molar-refractivity contribution in [2.45, 2.75) is 26.7 Å². The van der Waals surface area contributed by atoms with Gasteiger partial charge in [-0.3, -0.25) is 14.4 Å². The van der Waals surface area contributed by atoms with Gasteiger partial charge in [-0.25, -0.2) is 4.79 Å². The highest BCUT2D eigenvalue weighted by molar-refractivity contribution is 5.97. The lowest BCUT2D eigenvalue weighted by Crippen LogP contribution is -2.42. The van der Waals surface area contributed by atoms with Gasteiger partial charge in [0.25, 0.3) is 5.91 Å². The van der Waals surface area contributed by atoms with E-state index in [4.69, 9.17) is 9.47 Å². The van der Waals surface area contributed by atoms with Gasteiger partial charge >= 0.3 is 11.9 Å². The summed E-state index contributed by atoms with van der Waals surface area (Å²) in [5, 5.41) is 0. The molecule has 1 aromatic heterocycles. The number of ether oxygens (including phenoxy) is 2. The molecule has 1 aliphatic rings. The molecule has 136 valence electrons. The summed E-state index contributed by atoms with van der Waals surface area (Å²) in [5.41, 5.74) is 0.498. The summed E-state index contributed by atoms with van der Waals surface area (Å²) in [5.74, 6) is -1.59. The van der Waals surface area contributed by atoms with Gasteiger partial charge in [-0.2, -0.15) is 0 Å². The van der Waals surface area contributed by atoms with Crippen LogP contribution in [-0.2, 0) is 19.1 Å². The molecule has 1 aliphatic heterocycles. The van der Waals surface area contributed by atoms with Crippen molar-refractivity contribution in [2.75, 3.05) is 26.3 Å². The minimum atomic E-state index is -0.692. The third-order valence-corrected chi connectivity index (χ3v) is 4.10. The molecule has 0 spiro atoms. The SMILES string of the molecule is CCOC(=O)C1CCN(C(=O)COC(=O)c2cc(C(C)=O)c[nH]2)CC1. The Morgan fingerprint density at radius 2 is 1.88 bits per heavy atom. The van der Waals surface area contributed by atoms with Crippen molar-refractivity contribution < 1.29 is 28.7 Å². The van der Waals surface area contributed by atoms with Gasteiger partial charge in [0.05, 0.1) is 12.5 Å². The van der Waals surface area contributed by atoms with Gasteiger partial charge in [0, 0.05) is 24.8 Å². The number of nitrogens with one attached hydrogen (secondary N) is 1. The van der Waals surface area contributed by atoms with E-state index in [1.54, 1.807) is 11.8 Å². The number of nitrogens with zero attached hydrogens (tertiary/aromatic N) is 1. The number of piperidine rings is 1. The first-order valence-electron chi connectivity index (χ1n) is 8.23. The van der Waals surface area contributed by atoms with E-state index in [1.165, 1.54) is 19.2 Å². The van der Waals surface area contributed by atoms with Crippen molar-refractivity contribution in [3.8, 4) is 0 Å². The van der Waals surface area contributed by atoms with Crippen molar-refractivity contribution in [1.82, 2.24) is 9.88 Å². The lowest BCUT2D eigenvalue weighted by Gasteiger charge is -2.30. The number of carbonyl (C=O) groups is 4. The number of hydrogen-bond donors (Lipinski definition) is 1. The molecule has 2 rings (SSSR count). The molecule has 0 atom stereocenters. The fourth-order valence-electron chi connectivity index (χ4n) is 2.64. The summed E-state index contributed by atoms with van der Waals surface area (Å²) in [6.45, 7) is 3.97. The van der Waals surface area contributed by atoms with Crippen LogP contribution in [0.1, 0.15) is 47.5 Å². The molecule has 0 radical (unpaired) electrons. The number of Topliss-reactive ketones (excluding diaryl/α,β-unsaturated/α-hetero) is 1. The molecule has 8 heteroatoms. The van der Waals surface area contributed by atoms with Crippen molar-refractivity contribution in [1.29, 1.82) is 0 Å². The molecule has 25 heavy (non-hydrogen) atoms. The second kappa shape index (κ2) is 8.46. The topological polar surface area (TPSA) is 106 Å². The molecule has 1 fully saturated rings. The predicted octanol–water partition coefficient (Wildman–Crippen LogP) is 1.18. The Kier molecular flexibility index (Phi) is 6.32. The smallest absolute Gasteiger partial charge is 0.355 e. The lowest BCUT2D eigenvalue weighted by molar-refractivity contribution is -0.151. The summed E-state index contributed by atoms with van der Waals surface area (Å²) in [7, 11) is 0. The Morgan fingerprint density at radius 3 is 2.44 bits per heavy atom. The molecule has 8 nitrogen and oxygen atoms in total. The molecule has 0 aliphatic carbocycles. The lowest BCUT2D eigenvalue weighted by atomic mass is 9.97. The first kappa shape index (κ1) is 18.7. The number of hydrogen-bond acceptors (Lipinski definition) is 6. The number of ketones is 1. The normalized spacial score (nSPS) is 14.9. The third kappa shape index (κ3) is 4.91. The van der Waals surface area contributed by atoms with Crippen LogP contribution in [-0.4, -0.2) is 59.8 Å². The molecule has 1 N–H and O–H groups in total. The highest BCUT2D eigenvalue weighted by atomic mass is 16.5. The van der Waals surface area contributed by atoms with Gasteiger partial charge in [-0.1, -0.05) is 0 Å². The second-order valence-electron chi connectivity index (χ2n) is 5.84. The Balaban J connectivity index is 1.78. The molecule has 0 saturated carbocycles. The first-order valence-corrected chi connectivity index (χ1v) is 8.23. The van der Waals surface area contributed by atoms with E-state index in [2.05, 4.69) is 4.98 Å². The number of H-pyrrole nitrogens is 1.